The van der Waals surface area contributed by atoms with Gasteiger partial charge in [0.15, 0.2) is 5.78 Å². The summed E-state index contributed by atoms with van der Waals surface area (Å²) in [5, 5.41) is 24.1. The van der Waals surface area contributed by atoms with E-state index >= 15 is 0 Å². The Morgan fingerprint density at radius 3 is 2.55 bits per heavy atom. The first-order valence-corrected chi connectivity index (χ1v) is 21.0. The van der Waals surface area contributed by atoms with Crippen LogP contribution in [0.2, 0.25) is 0 Å². The highest BCUT2D eigenvalue weighted by atomic mass is 19.4. The number of aliphatic hydroxyl groups excluding tert-OH is 1. The third kappa shape index (κ3) is 9.39. The highest BCUT2D eigenvalue weighted by Gasteiger charge is 2.58. The first kappa shape index (κ1) is 42.4. The lowest BCUT2D eigenvalue weighted by atomic mass is 9.64. The summed E-state index contributed by atoms with van der Waals surface area (Å²) < 4.78 is 53.9. The van der Waals surface area contributed by atoms with E-state index in [9.17, 15) is 33.0 Å². The number of carbonyl (C=O) groups excluding carboxylic acids is 2. The van der Waals surface area contributed by atoms with Gasteiger partial charge in [0.2, 0.25) is 0 Å². The molecule has 3 fully saturated rings. The van der Waals surface area contributed by atoms with E-state index in [1.54, 1.807) is 11.0 Å². The molecule has 56 heavy (non-hydrogen) atoms. The minimum absolute atomic E-state index is 0.0250. The van der Waals surface area contributed by atoms with E-state index in [-0.39, 0.29) is 41.7 Å². The number of benzene rings is 2. The zero-order valence-corrected chi connectivity index (χ0v) is 33.9. The van der Waals surface area contributed by atoms with Gasteiger partial charge in [-0.05, 0) is 131 Å². The average Bonchev–Trinajstić information content (AvgIpc) is 3.75. The second-order valence-electron chi connectivity index (χ2n) is 18.1. The molecule has 7 rings (SSSR count). The number of allylic oxidation sites excluding steroid dienone is 2. The molecule has 4 aliphatic carbocycles. The Morgan fingerprint density at radius 1 is 1.05 bits per heavy atom. The van der Waals surface area contributed by atoms with E-state index in [4.69, 9.17) is 9.47 Å². The molecule has 8 atom stereocenters. The number of rotatable bonds is 8. The van der Waals surface area contributed by atoms with Gasteiger partial charge in [0.05, 0.1) is 36.5 Å². The fourth-order valence-electron chi connectivity index (χ4n) is 10.2. The standard InChI is InChI=1S/C46H62F3NO6/c1-29(2)37-17-14-31(4)23-41(37)56-43(53)50(27-36-12-8-22-55-36)28-45(54)21-19-40-38-18-15-32(24-35(51)16-13-30(3)9-7-20-44(40,45)5)25-39(38)42(52)33-10-6-11-34(26-33)46(47,48)49/h6,9-11,15,18,25-26,29,31,35-37,40-41,51,54H,7-8,12-14,16-17,19-24,27-28H2,1-5H3. The van der Waals surface area contributed by atoms with Crippen molar-refractivity contribution in [3.05, 3.63) is 81.9 Å². The molecular weight excluding hydrogens is 720 g/mol. The number of amides is 1. The minimum atomic E-state index is -4.62. The Labute approximate surface area is 331 Å². The number of hydrogen-bond acceptors (Lipinski definition) is 6. The van der Waals surface area contributed by atoms with Crippen LogP contribution in [0.4, 0.5) is 18.0 Å². The predicted octanol–water partition coefficient (Wildman–Crippen LogP) is 10.1. The molecule has 10 heteroatoms. The van der Waals surface area contributed by atoms with E-state index in [1.165, 1.54) is 12.1 Å². The molecule has 1 heterocycles. The van der Waals surface area contributed by atoms with Crippen molar-refractivity contribution in [2.45, 2.75) is 148 Å². The van der Waals surface area contributed by atoms with E-state index in [0.29, 0.717) is 81.1 Å². The Bertz CT molecular complexity index is 1740. The van der Waals surface area contributed by atoms with Gasteiger partial charge >= 0.3 is 12.3 Å². The molecule has 2 aromatic carbocycles. The molecule has 0 aromatic heterocycles. The van der Waals surface area contributed by atoms with E-state index in [0.717, 1.165) is 49.8 Å². The second kappa shape index (κ2) is 17.3. The summed E-state index contributed by atoms with van der Waals surface area (Å²) in [6.45, 7) is 11.6. The Kier molecular flexibility index (Phi) is 13.1. The summed E-state index contributed by atoms with van der Waals surface area (Å²) in [5.74, 6) is 0.153. The molecule has 2 aromatic rings. The number of fused-ring (bicyclic) bond motifs is 8. The summed E-state index contributed by atoms with van der Waals surface area (Å²) in [5.41, 5.74) is -0.429. The molecule has 0 radical (unpaired) electrons. The van der Waals surface area contributed by atoms with Crippen LogP contribution in [-0.2, 0) is 22.1 Å². The molecule has 2 bridgehead atoms. The molecule has 2 N–H and O–H groups in total. The van der Waals surface area contributed by atoms with Gasteiger partial charge in [-0.3, -0.25) is 4.79 Å². The molecule has 1 saturated heterocycles. The van der Waals surface area contributed by atoms with Gasteiger partial charge in [-0.1, -0.05) is 70.0 Å². The zero-order chi connectivity index (χ0) is 40.4. The van der Waals surface area contributed by atoms with Crippen LogP contribution >= 0.6 is 0 Å². The van der Waals surface area contributed by atoms with Gasteiger partial charge < -0.3 is 24.6 Å². The second-order valence-corrected chi connectivity index (χ2v) is 18.1. The summed E-state index contributed by atoms with van der Waals surface area (Å²) in [6, 6.07) is 10.0. The molecule has 1 aliphatic heterocycles. The molecule has 8 unspecified atom stereocenters. The molecule has 7 nitrogen and oxygen atoms in total. The summed E-state index contributed by atoms with van der Waals surface area (Å²) in [6.07, 6.45) is 4.14. The first-order chi connectivity index (χ1) is 26.5. The van der Waals surface area contributed by atoms with Crippen molar-refractivity contribution in [2.75, 3.05) is 19.7 Å². The fourth-order valence-corrected chi connectivity index (χ4v) is 10.2. The van der Waals surface area contributed by atoms with Crippen molar-refractivity contribution in [2.24, 2.45) is 23.2 Å². The number of aliphatic hydroxyl groups is 2. The normalized spacial score (nSPS) is 31.4. The lowest BCUT2D eigenvalue weighted by Gasteiger charge is -2.46. The largest absolute Gasteiger partial charge is 0.446 e. The zero-order valence-electron chi connectivity index (χ0n) is 33.9. The average molecular weight is 782 g/mol. The van der Waals surface area contributed by atoms with Crippen LogP contribution in [0.3, 0.4) is 0 Å². The third-order valence-corrected chi connectivity index (χ3v) is 13.7. The maximum absolute atomic E-state index is 14.4. The van der Waals surface area contributed by atoms with Crippen LogP contribution in [0.15, 0.2) is 54.1 Å². The van der Waals surface area contributed by atoms with Gasteiger partial charge in [-0.2, -0.15) is 13.2 Å². The topological polar surface area (TPSA) is 96.3 Å². The van der Waals surface area contributed by atoms with Gasteiger partial charge in [-0.25, -0.2) is 4.79 Å². The molecule has 308 valence electrons. The summed E-state index contributed by atoms with van der Waals surface area (Å²) in [4.78, 5) is 30.5. The van der Waals surface area contributed by atoms with Crippen LogP contribution < -0.4 is 0 Å². The van der Waals surface area contributed by atoms with Crippen LogP contribution in [0.5, 0.6) is 0 Å². The highest BCUT2D eigenvalue weighted by Crippen LogP contribution is 2.59. The maximum atomic E-state index is 14.4. The first-order valence-electron chi connectivity index (χ1n) is 21.0. The number of ketones is 1. The van der Waals surface area contributed by atoms with Gasteiger partial charge in [0.1, 0.15) is 6.10 Å². The molecule has 2 saturated carbocycles. The number of ether oxygens (including phenoxy) is 2. The molecule has 1 amide bonds. The van der Waals surface area contributed by atoms with Gasteiger partial charge in [0.25, 0.3) is 0 Å². The quantitative estimate of drug-likeness (QED) is 0.205. The van der Waals surface area contributed by atoms with Crippen molar-refractivity contribution in [3.63, 3.8) is 0 Å². The van der Waals surface area contributed by atoms with Crippen LogP contribution in [0.1, 0.15) is 144 Å². The van der Waals surface area contributed by atoms with Gasteiger partial charge in [-0.15, -0.1) is 0 Å². The molecule has 0 spiro atoms. The van der Waals surface area contributed by atoms with Crippen molar-refractivity contribution in [1.29, 1.82) is 0 Å². The van der Waals surface area contributed by atoms with Crippen molar-refractivity contribution in [1.82, 2.24) is 4.90 Å². The van der Waals surface area contributed by atoms with E-state index in [1.807, 2.05) is 19.1 Å². The molecule has 5 aliphatic rings. The van der Waals surface area contributed by atoms with Crippen molar-refractivity contribution in [3.8, 4) is 0 Å². The number of alkyl halides is 3. The number of halogens is 3. The third-order valence-electron chi connectivity index (χ3n) is 13.7. The predicted molar refractivity (Wildman–Crippen MR) is 210 cm³/mol. The SMILES string of the molecule is CC1=CCCC2(C)C(CCC2(O)CN(CC2CCCO2)C(=O)OC2CC(C)CCC2C(C)C)c2ccc(cc2C(=O)c2cccc(C(F)(F)F)c2)CC(O)CC1. The summed E-state index contributed by atoms with van der Waals surface area (Å²) in [7, 11) is 0. The smallest absolute Gasteiger partial charge is 0.416 e. The lowest BCUT2D eigenvalue weighted by molar-refractivity contribution is -0.137. The van der Waals surface area contributed by atoms with E-state index < -0.39 is 40.7 Å². The van der Waals surface area contributed by atoms with Crippen molar-refractivity contribution < 1.29 is 42.4 Å². The number of nitrogens with zero attached hydrogens (tertiary/aromatic N) is 1. The minimum Gasteiger partial charge on any atom is -0.446 e. The summed E-state index contributed by atoms with van der Waals surface area (Å²) >= 11 is 0. The van der Waals surface area contributed by atoms with Crippen molar-refractivity contribution >= 4 is 11.9 Å². The number of hydrogen-bond donors (Lipinski definition) is 2. The Morgan fingerprint density at radius 2 is 1.84 bits per heavy atom. The van der Waals surface area contributed by atoms with Crippen LogP contribution in [0.25, 0.3) is 0 Å². The number of carbonyl (C=O) groups is 2. The molecular formula is C46H62F3NO6. The Balaban J connectivity index is 1.39. The van der Waals surface area contributed by atoms with Crippen LogP contribution in [0, 0.1) is 23.2 Å². The maximum Gasteiger partial charge on any atom is 0.416 e. The van der Waals surface area contributed by atoms with Crippen LogP contribution in [-0.4, -0.2) is 70.6 Å². The Hall–Kier alpha value is -3.21. The highest BCUT2D eigenvalue weighted by molar-refractivity contribution is 6.10. The monoisotopic (exact) mass is 781 g/mol. The lowest BCUT2D eigenvalue weighted by Crippen LogP contribution is -2.55. The fraction of sp³-hybridized carbons (Fsp3) is 0.652. The van der Waals surface area contributed by atoms with Gasteiger partial charge in [0, 0.05) is 23.1 Å². The van der Waals surface area contributed by atoms with E-state index in [2.05, 4.69) is 33.8 Å².